The molecule has 6 aromatic rings. The van der Waals surface area contributed by atoms with Crippen LogP contribution in [0.15, 0.2) is 72.8 Å². The molecule has 41 heavy (non-hydrogen) atoms. The van der Waals surface area contributed by atoms with Crippen molar-refractivity contribution in [3.63, 3.8) is 0 Å². The molecule has 0 aliphatic carbocycles. The van der Waals surface area contributed by atoms with Crippen LogP contribution >= 0.6 is 0 Å². The lowest BCUT2D eigenvalue weighted by Gasteiger charge is -2.34. The van der Waals surface area contributed by atoms with E-state index in [0.717, 1.165) is 59.8 Å². The summed E-state index contributed by atoms with van der Waals surface area (Å²) in [6, 6.07) is 24.3. The van der Waals surface area contributed by atoms with Gasteiger partial charge in [0.05, 0.1) is 5.69 Å². The molecule has 0 fully saturated rings. The first kappa shape index (κ1) is 25.3. The Kier molecular flexibility index (Phi) is 5.05. The minimum atomic E-state index is -0.283. The van der Waals surface area contributed by atoms with Gasteiger partial charge in [-0.15, -0.1) is 6.42 Å². The lowest BCUT2D eigenvalue weighted by molar-refractivity contribution is 0.0893. The van der Waals surface area contributed by atoms with Gasteiger partial charge in [-0.05, 0) is 83.9 Å². The number of amides is 2. The average molecular weight is 534 g/mol. The lowest BCUT2D eigenvalue weighted by atomic mass is 9.80. The Morgan fingerprint density at radius 3 is 1.76 bits per heavy atom. The third kappa shape index (κ3) is 3.40. The molecule has 200 valence electrons. The third-order valence-electron chi connectivity index (χ3n) is 8.72. The van der Waals surface area contributed by atoms with Gasteiger partial charge in [-0.25, -0.2) is 4.90 Å². The van der Waals surface area contributed by atoms with Crippen LogP contribution in [0.2, 0.25) is 0 Å². The van der Waals surface area contributed by atoms with E-state index in [9.17, 15) is 9.59 Å². The van der Waals surface area contributed by atoms with E-state index in [2.05, 4.69) is 77.8 Å². The standard InChI is InChI=1S/C38H31NO2/c1-8-21-12-14-25-27-16-18-29-34-28(17-15-26(33(27)34)24-11-9-10-23(21)32(24)25)35(40)39(36(29)41)31-20-22(37(2,3)4)13-19-30(31)38(5,6)7/h1,9-20H,2-7H3. The molecule has 0 radical (unpaired) electrons. The normalized spacial score (nSPS) is 14.1. The number of nitrogens with zero attached hydrogens (tertiary/aromatic N) is 1. The molecule has 0 bridgehead atoms. The summed E-state index contributed by atoms with van der Waals surface area (Å²) in [5, 5.41) is 8.02. The fourth-order valence-corrected chi connectivity index (χ4v) is 6.65. The molecule has 0 saturated carbocycles. The monoisotopic (exact) mass is 533 g/mol. The molecule has 0 saturated heterocycles. The molecule has 6 aromatic carbocycles. The maximum Gasteiger partial charge on any atom is 0.265 e. The highest BCUT2D eigenvalue weighted by atomic mass is 16.2. The molecule has 0 spiro atoms. The highest BCUT2D eigenvalue weighted by molar-refractivity contribution is 6.42. The highest BCUT2D eigenvalue weighted by Gasteiger charge is 2.38. The summed E-state index contributed by atoms with van der Waals surface area (Å²) in [6.07, 6.45) is 5.84. The lowest BCUT2D eigenvalue weighted by Crippen LogP contribution is -2.42. The van der Waals surface area contributed by atoms with Crippen LogP contribution in [0.3, 0.4) is 0 Å². The molecule has 1 aliphatic rings. The van der Waals surface area contributed by atoms with Gasteiger partial charge in [0.1, 0.15) is 0 Å². The van der Waals surface area contributed by atoms with Crippen LogP contribution in [0.25, 0.3) is 43.1 Å². The summed E-state index contributed by atoms with van der Waals surface area (Å²) < 4.78 is 0. The molecule has 0 aromatic heterocycles. The first-order valence-corrected chi connectivity index (χ1v) is 14.1. The largest absolute Gasteiger partial charge is 0.268 e. The Balaban J connectivity index is 1.55. The van der Waals surface area contributed by atoms with E-state index in [1.807, 2.05) is 42.5 Å². The van der Waals surface area contributed by atoms with E-state index in [4.69, 9.17) is 6.42 Å². The number of imide groups is 1. The van der Waals surface area contributed by atoms with Crippen molar-refractivity contribution in [2.24, 2.45) is 0 Å². The number of terminal acetylenes is 1. The zero-order valence-corrected chi connectivity index (χ0v) is 24.3. The van der Waals surface area contributed by atoms with Crippen molar-refractivity contribution in [2.75, 3.05) is 4.90 Å². The van der Waals surface area contributed by atoms with Crippen LogP contribution in [-0.2, 0) is 10.8 Å². The molecule has 0 atom stereocenters. The van der Waals surface area contributed by atoms with Crippen LogP contribution in [0.1, 0.15) is 78.9 Å². The first-order chi connectivity index (χ1) is 19.4. The van der Waals surface area contributed by atoms with Gasteiger partial charge in [0, 0.05) is 22.1 Å². The van der Waals surface area contributed by atoms with Gasteiger partial charge in [-0.1, -0.05) is 96.0 Å². The van der Waals surface area contributed by atoms with Crippen molar-refractivity contribution in [1.29, 1.82) is 0 Å². The smallest absolute Gasteiger partial charge is 0.265 e. The van der Waals surface area contributed by atoms with Crippen molar-refractivity contribution in [2.45, 2.75) is 52.4 Å². The number of rotatable bonds is 1. The van der Waals surface area contributed by atoms with E-state index in [1.54, 1.807) is 0 Å². The number of hydrogen-bond donors (Lipinski definition) is 0. The molecule has 1 heterocycles. The number of anilines is 1. The molecular weight excluding hydrogens is 502 g/mol. The number of carbonyl (C=O) groups excluding carboxylic acids is 2. The topological polar surface area (TPSA) is 37.4 Å². The molecular formula is C38H31NO2. The predicted octanol–water partition coefficient (Wildman–Crippen LogP) is 9.11. The van der Waals surface area contributed by atoms with Gasteiger partial charge >= 0.3 is 0 Å². The maximum absolute atomic E-state index is 14.4. The molecule has 2 amide bonds. The Morgan fingerprint density at radius 1 is 0.610 bits per heavy atom. The first-order valence-electron chi connectivity index (χ1n) is 14.1. The second-order valence-electron chi connectivity index (χ2n) is 13.3. The van der Waals surface area contributed by atoms with Crippen molar-refractivity contribution < 1.29 is 9.59 Å². The predicted molar refractivity (Wildman–Crippen MR) is 171 cm³/mol. The van der Waals surface area contributed by atoms with Crippen LogP contribution in [0.5, 0.6) is 0 Å². The van der Waals surface area contributed by atoms with Gasteiger partial charge in [-0.2, -0.15) is 0 Å². The van der Waals surface area contributed by atoms with E-state index in [0.29, 0.717) is 16.8 Å². The van der Waals surface area contributed by atoms with Gasteiger partial charge in [-0.3, -0.25) is 9.59 Å². The summed E-state index contributed by atoms with van der Waals surface area (Å²) in [5.41, 5.74) is 4.26. The average Bonchev–Trinajstić information content (AvgIpc) is 2.93. The number of hydrogen-bond acceptors (Lipinski definition) is 2. The van der Waals surface area contributed by atoms with Gasteiger partial charge in [0.2, 0.25) is 0 Å². The van der Waals surface area contributed by atoms with Gasteiger partial charge in [0.15, 0.2) is 0 Å². The second-order valence-corrected chi connectivity index (χ2v) is 13.3. The quantitative estimate of drug-likeness (QED) is 0.0915. The zero-order valence-electron chi connectivity index (χ0n) is 24.3. The van der Waals surface area contributed by atoms with E-state index in [1.165, 1.54) is 4.90 Å². The second kappa shape index (κ2) is 8.18. The third-order valence-corrected chi connectivity index (χ3v) is 8.72. The van der Waals surface area contributed by atoms with Crippen LogP contribution in [-0.4, -0.2) is 11.8 Å². The number of benzene rings is 6. The summed E-state index contributed by atoms with van der Waals surface area (Å²) in [4.78, 5) is 30.2. The minimum absolute atomic E-state index is 0.139. The van der Waals surface area contributed by atoms with Crippen molar-refractivity contribution in [3.8, 4) is 12.3 Å². The molecule has 3 nitrogen and oxygen atoms in total. The summed E-state index contributed by atoms with van der Waals surface area (Å²) in [6.45, 7) is 12.8. The Hall–Kier alpha value is -4.68. The Morgan fingerprint density at radius 2 is 1.17 bits per heavy atom. The fourth-order valence-electron chi connectivity index (χ4n) is 6.65. The molecule has 1 aliphatic heterocycles. The molecule has 7 rings (SSSR count). The minimum Gasteiger partial charge on any atom is -0.268 e. The number of fused-ring (bicyclic) bond motifs is 2. The van der Waals surface area contributed by atoms with E-state index in [-0.39, 0.29) is 22.6 Å². The summed E-state index contributed by atoms with van der Waals surface area (Å²) in [5.74, 6) is 2.26. The van der Waals surface area contributed by atoms with Crippen molar-refractivity contribution in [3.05, 3.63) is 101 Å². The Bertz CT molecular complexity index is 2090. The fraction of sp³-hybridized carbons (Fsp3) is 0.211. The summed E-state index contributed by atoms with van der Waals surface area (Å²) in [7, 11) is 0. The van der Waals surface area contributed by atoms with Crippen molar-refractivity contribution in [1.82, 2.24) is 0 Å². The SMILES string of the molecule is C#Cc1ccc2c3ccc4c5c(ccc(c6cccc1c62)c53)C(=O)N(c1cc(C(C)(C)C)ccc1C(C)(C)C)C4=O. The number of carbonyl (C=O) groups is 2. The van der Waals surface area contributed by atoms with E-state index >= 15 is 0 Å². The van der Waals surface area contributed by atoms with Crippen LogP contribution in [0.4, 0.5) is 5.69 Å². The maximum atomic E-state index is 14.4. The highest BCUT2D eigenvalue weighted by Crippen LogP contribution is 2.46. The Labute approximate surface area is 240 Å². The summed E-state index contributed by atoms with van der Waals surface area (Å²) >= 11 is 0. The molecule has 0 N–H and O–H groups in total. The van der Waals surface area contributed by atoms with Gasteiger partial charge < -0.3 is 0 Å². The van der Waals surface area contributed by atoms with E-state index < -0.39 is 0 Å². The van der Waals surface area contributed by atoms with Crippen LogP contribution < -0.4 is 4.90 Å². The van der Waals surface area contributed by atoms with Crippen LogP contribution in [0, 0.1) is 12.3 Å². The van der Waals surface area contributed by atoms with Gasteiger partial charge in [0.25, 0.3) is 11.8 Å². The molecule has 3 heteroatoms. The van der Waals surface area contributed by atoms with Crippen molar-refractivity contribution >= 4 is 60.6 Å². The molecule has 0 unspecified atom stereocenters. The zero-order chi connectivity index (χ0) is 29.0.